The Balaban J connectivity index is 1.56. The summed E-state index contributed by atoms with van der Waals surface area (Å²) >= 11 is 1.37. The van der Waals surface area contributed by atoms with E-state index < -0.39 is 0 Å². The molecule has 148 valence electrons. The van der Waals surface area contributed by atoms with Gasteiger partial charge in [-0.2, -0.15) is 5.10 Å². The molecular weight excluding hydrogens is 388 g/mol. The van der Waals surface area contributed by atoms with Crippen LogP contribution in [-0.2, 0) is 0 Å². The standard InChI is InChI=1S/C21H20N4O3S/c1-4-28-13-5-6-15-18(9-13)29-21(22-15)23-20(27)17-10-16(24-25-17)14-8-11(2)7-12(3)19(14)26/h5-10,26H,4H2,1-3H3,(H,24,25)(H,22,23,27). The number of nitrogens with one attached hydrogen (secondary N) is 2. The Hall–Kier alpha value is -3.39. The van der Waals surface area contributed by atoms with Crippen LogP contribution in [0.4, 0.5) is 5.13 Å². The van der Waals surface area contributed by atoms with Gasteiger partial charge in [-0.15, -0.1) is 0 Å². The highest BCUT2D eigenvalue weighted by Gasteiger charge is 2.16. The third kappa shape index (κ3) is 3.79. The molecule has 0 fully saturated rings. The van der Waals surface area contributed by atoms with Gasteiger partial charge in [-0.25, -0.2) is 4.98 Å². The van der Waals surface area contributed by atoms with Crippen LogP contribution in [0.5, 0.6) is 11.5 Å². The number of hydrogen-bond donors (Lipinski definition) is 3. The number of rotatable bonds is 5. The predicted molar refractivity (Wildman–Crippen MR) is 114 cm³/mol. The van der Waals surface area contributed by atoms with Gasteiger partial charge in [0.05, 0.1) is 22.5 Å². The third-order valence-corrected chi connectivity index (χ3v) is 5.37. The monoisotopic (exact) mass is 408 g/mol. The van der Waals surface area contributed by atoms with Crippen molar-refractivity contribution >= 4 is 32.6 Å². The van der Waals surface area contributed by atoms with Crippen molar-refractivity contribution in [1.82, 2.24) is 15.2 Å². The average Bonchev–Trinajstić information content (AvgIpc) is 3.31. The number of phenols is 1. The molecule has 0 aliphatic heterocycles. The number of anilines is 1. The molecule has 2 aromatic carbocycles. The zero-order valence-corrected chi connectivity index (χ0v) is 17.1. The van der Waals surface area contributed by atoms with Crippen LogP contribution in [0.15, 0.2) is 36.4 Å². The van der Waals surface area contributed by atoms with Crippen LogP contribution >= 0.6 is 11.3 Å². The molecule has 0 unspecified atom stereocenters. The van der Waals surface area contributed by atoms with Gasteiger partial charge in [0.2, 0.25) is 0 Å². The Morgan fingerprint density at radius 3 is 2.86 bits per heavy atom. The number of H-pyrrole nitrogens is 1. The second kappa shape index (κ2) is 7.56. The first kappa shape index (κ1) is 18.9. The maximum absolute atomic E-state index is 12.6. The van der Waals surface area contributed by atoms with Crippen molar-refractivity contribution in [3.05, 3.63) is 53.2 Å². The third-order valence-electron chi connectivity index (χ3n) is 4.43. The van der Waals surface area contributed by atoms with Gasteiger partial charge in [-0.3, -0.25) is 15.2 Å². The molecule has 4 rings (SSSR count). The fraction of sp³-hybridized carbons (Fsp3) is 0.190. The number of aromatic amines is 1. The number of aromatic hydroxyl groups is 1. The summed E-state index contributed by atoms with van der Waals surface area (Å²) in [5.74, 6) is 0.579. The molecule has 2 aromatic heterocycles. The fourth-order valence-corrected chi connectivity index (χ4v) is 4.00. The Morgan fingerprint density at radius 2 is 2.07 bits per heavy atom. The van der Waals surface area contributed by atoms with Crippen LogP contribution in [0.2, 0.25) is 0 Å². The van der Waals surface area contributed by atoms with Gasteiger partial charge < -0.3 is 9.84 Å². The summed E-state index contributed by atoms with van der Waals surface area (Å²) in [4.78, 5) is 17.1. The number of benzene rings is 2. The van der Waals surface area contributed by atoms with Crippen molar-refractivity contribution in [2.75, 3.05) is 11.9 Å². The van der Waals surface area contributed by atoms with E-state index in [0.29, 0.717) is 23.0 Å². The normalized spacial score (nSPS) is 11.0. The smallest absolute Gasteiger partial charge is 0.275 e. The number of fused-ring (bicyclic) bond motifs is 1. The molecule has 8 heteroatoms. The lowest BCUT2D eigenvalue weighted by Gasteiger charge is -2.06. The molecule has 0 aliphatic carbocycles. The highest BCUT2D eigenvalue weighted by atomic mass is 32.1. The van der Waals surface area contributed by atoms with Crippen LogP contribution < -0.4 is 10.1 Å². The SMILES string of the molecule is CCOc1ccc2nc(NC(=O)c3cc(-c4cc(C)cc(C)c4O)n[nH]3)sc2c1. The molecule has 0 bridgehead atoms. The summed E-state index contributed by atoms with van der Waals surface area (Å²) in [5.41, 5.74) is 3.93. The maximum atomic E-state index is 12.6. The summed E-state index contributed by atoms with van der Waals surface area (Å²) in [6.45, 7) is 6.29. The summed E-state index contributed by atoms with van der Waals surface area (Å²) in [5, 5.41) is 20.5. The van der Waals surface area contributed by atoms with Gasteiger partial charge >= 0.3 is 0 Å². The first-order valence-corrected chi connectivity index (χ1v) is 9.97. The molecule has 3 N–H and O–H groups in total. The lowest BCUT2D eigenvalue weighted by atomic mass is 10.0. The van der Waals surface area contributed by atoms with Crippen LogP contribution in [0.1, 0.15) is 28.5 Å². The molecule has 0 radical (unpaired) electrons. The van der Waals surface area contributed by atoms with Gasteiger partial charge in [0.15, 0.2) is 5.13 Å². The topological polar surface area (TPSA) is 100 Å². The summed E-state index contributed by atoms with van der Waals surface area (Å²) < 4.78 is 6.43. The number of carbonyl (C=O) groups is 1. The quantitative estimate of drug-likeness (QED) is 0.446. The molecule has 0 saturated carbocycles. The molecule has 4 aromatic rings. The highest BCUT2D eigenvalue weighted by molar-refractivity contribution is 7.22. The number of thiazole rings is 1. The van der Waals surface area contributed by atoms with E-state index in [1.54, 1.807) is 6.07 Å². The zero-order chi connectivity index (χ0) is 20.5. The minimum atomic E-state index is -0.350. The molecule has 0 saturated heterocycles. The Morgan fingerprint density at radius 1 is 1.24 bits per heavy atom. The first-order chi connectivity index (χ1) is 13.9. The second-order valence-electron chi connectivity index (χ2n) is 6.68. The summed E-state index contributed by atoms with van der Waals surface area (Å²) in [6.07, 6.45) is 0. The van der Waals surface area contributed by atoms with Crippen LogP contribution in [0.3, 0.4) is 0 Å². The van der Waals surface area contributed by atoms with Gasteiger partial charge in [0.25, 0.3) is 5.91 Å². The number of ether oxygens (including phenoxy) is 1. The van der Waals surface area contributed by atoms with E-state index in [2.05, 4.69) is 20.5 Å². The van der Waals surface area contributed by atoms with E-state index in [-0.39, 0.29) is 17.4 Å². The van der Waals surface area contributed by atoms with E-state index in [9.17, 15) is 9.90 Å². The van der Waals surface area contributed by atoms with Crippen molar-refractivity contribution < 1.29 is 14.6 Å². The van der Waals surface area contributed by atoms with Crippen LogP contribution in [-0.4, -0.2) is 32.8 Å². The van der Waals surface area contributed by atoms with Gasteiger partial charge in [-0.1, -0.05) is 17.4 Å². The molecule has 7 nitrogen and oxygen atoms in total. The Labute approximate surface area is 171 Å². The second-order valence-corrected chi connectivity index (χ2v) is 7.71. The zero-order valence-electron chi connectivity index (χ0n) is 16.2. The van der Waals surface area contributed by atoms with Gasteiger partial charge in [0, 0.05) is 5.56 Å². The van der Waals surface area contributed by atoms with Gasteiger partial charge in [0.1, 0.15) is 17.2 Å². The van der Waals surface area contributed by atoms with E-state index >= 15 is 0 Å². The predicted octanol–water partition coefficient (Wildman–Crippen LogP) is 4.66. The lowest BCUT2D eigenvalue weighted by molar-refractivity contribution is 0.102. The summed E-state index contributed by atoms with van der Waals surface area (Å²) in [6, 6.07) is 11.0. The van der Waals surface area contributed by atoms with E-state index in [0.717, 1.165) is 27.1 Å². The lowest BCUT2D eigenvalue weighted by Crippen LogP contribution is -2.11. The van der Waals surface area contributed by atoms with E-state index in [1.807, 2.05) is 51.1 Å². The number of nitrogens with zero attached hydrogens (tertiary/aromatic N) is 2. The van der Waals surface area contributed by atoms with E-state index in [4.69, 9.17) is 4.74 Å². The van der Waals surface area contributed by atoms with Crippen LogP contribution in [0, 0.1) is 13.8 Å². The minimum absolute atomic E-state index is 0.158. The van der Waals surface area contributed by atoms with E-state index in [1.165, 1.54) is 11.3 Å². The number of aromatic nitrogens is 3. The number of hydrogen-bond acceptors (Lipinski definition) is 6. The first-order valence-electron chi connectivity index (χ1n) is 9.15. The van der Waals surface area contributed by atoms with Crippen LogP contribution in [0.25, 0.3) is 21.5 Å². The number of phenolic OH excluding ortho intramolecular Hbond substituents is 1. The molecule has 29 heavy (non-hydrogen) atoms. The fourth-order valence-electron chi connectivity index (χ4n) is 3.11. The molecule has 0 atom stereocenters. The van der Waals surface area contributed by atoms with Crippen molar-refractivity contribution in [3.8, 4) is 22.8 Å². The van der Waals surface area contributed by atoms with Crippen molar-refractivity contribution in [2.45, 2.75) is 20.8 Å². The molecule has 0 spiro atoms. The largest absolute Gasteiger partial charge is 0.507 e. The Bertz CT molecular complexity index is 1210. The number of amides is 1. The average molecular weight is 408 g/mol. The highest BCUT2D eigenvalue weighted by Crippen LogP contribution is 2.33. The summed E-state index contributed by atoms with van der Waals surface area (Å²) in [7, 11) is 0. The number of carbonyl (C=O) groups excluding carboxylic acids is 1. The maximum Gasteiger partial charge on any atom is 0.275 e. The van der Waals surface area contributed by atoms with Crippen molar-refractivity contribution in [2.24, 2.45) is 0 Å². The molecule has 2 heterocycles. The molecule has 0 aliphatic rings. The van der Waals surface area contributed by atoms with Crippen molar-refractivity contribution in [3.63, 3.8) is 0 Å². The molecule has 1 amide bonds. The number of aryl methyl sites for hydroxylation is 2. The van der Waals surface area contributed by atoms with Crippen molar-refractivity contribution in [1.29, 1.82) is 0 Å². The van der Waals surface area contributed by atoms with Gasteiger partial charge in [-0.05, 0) is 62.2 Å². The molecular formula is C21H20N4O3S. The minimum Gasteiger partial charge on any atom is -0.507 e. The Kier molecular flexibility index (Phi) is 4.94.